The van der Waals surface area contributed by atoms with E-state index in [0.29, 0.717) is 25.4 Å². The summed E-state index contributed by atoms with van der Waals surface area (Å²) in [5.41, 5.74) is 5.14. The van der Waals surface area contributed by atoms with Gasteiger partial charge in [0.15, 0.2) is 5.82 Å². The summed E-state index contributed by atoms with van der Waals surface area (Å²) in [6.45, 7) is 8.38. The number of hydrogen-bond acceptors (Lipinski definition) is 4. The van der Waals surface area contributed by atoms with E-state index in [4.69, 9.17) is 9.97 Å². The predicted molar refractivity (Wildman–Crippen MR) is 130 cm³/mol. The lowest BCUT2D eigenvalue weighted by atomic mass is 10.0. The molecule has 2 heterocycles. The summed E-state index contributed by atoms with van der Waals surface area (Å²) < 4.78 is 0. The molecule has 166 valence electrons. The Morgan fingerprint density at radius 2 is 1.81 bits per heavy atom. The van der Waals surface area contributed by atoms with Crippen molar-refractivity contribution < 1.29 is 4.79 Å². The molecule has 0 radical (unpaired) electrons. The van der Waals surface area contributed by atoms with E-state index in [2.05, 4.69) is 43.1 Å². The quantitative estimate of drug-likeness (QED) is 0.597. The van der Waals surface area contributed by atoms with E-state index in [1.54, 1.807) is 0 Å². The maximum atomic E-state index is 13.0. The molecule has 0 unspecified atom stereocenters. The molecular weight excluding hydrogens is 398 g/mol. The van der Waals surface area contributed by atoms with Crippen LogP contribution < -0.4 is 10.2 Å². The van der Waals surface area contributed by atoms with Crippen molar-refractivity contribution in [2.24, 2.45) is 0 Å². The molecular formula is C26H31N5O. The highest BCUT2D eigenvalue weighted by molar-refractivity contribution is 5.89. The van der Waals surface area contributed by atoms with Crippen molar-refractivity contribution in [3.05, 3.63) is 71.4 Å². The highest BCUT2D eigenvalue weighted by atomic mass is 16.2. The maximum absolute atomic E-state index is 13.0. The van der Waals surface area contributed by atoms with Crippen molar-refractivity contribution >= 4 is 17.5 Å². The first kappa shape index (κ1) is 21.8. The van der Waals surface area contributed by atoms with Gasteiger partial charge in [-0.1, -0.05) is 56.3 Å². The lowest BCUT2D eigenvalue weighted by Crippen LogP contribution is -2.40. The number of amides is 2. The first-order valence-electron chi connectivity index (χ1n) is 11.3. The van der Waals surface area contributed by atoms with Crippen molar-refractivity contribution in [3.8, 4) is 11.4 Å². The topological polar surface area (TPSA) is 61.4 Å². The van der Waals surface area contributed by atoms with E-state index in [1.165, 1.54) is 5.56 Å². The van der Waals surface area contributed by atoms with E-state index in [9.17, 15) is 4.79 Å². The SMILES string of the molecule is CCN(C)c1nc(-c2ccccc2)nc2c1CN(C(=O)Nc1ccc(C(C)C)cc1)CC2. The zero-order chi connectivity index (χ0) is 22.7. The highest BCUT2D eigenvalue weighted by Gasteiger charge is 2.27. The number of nitrogens with one attached hydrogen (secondary N) is 1. The van der Waals surface area contributed by atoms with Crippen molar-refractivity contribution in [2.75, 3.05) is 30.4 Å². The van der Waals surface area contributed by atoms with Gasteiger partial charge < -0.3 is 15.1 Å². The number of carbonyl (C=O) groups excluding carboxylic acids is 1. The number of benzene rings is 2. The van der Waals surface area contributed by atoms with E-state index in [1.807, 2.05) is 54.4 Å². The van der Waals surface area contributed by atoms with Crippen molar-refractivity contribution in [2.45, 2.75) is 39.7 Å². The molecule has 1 aliphatic rings. The smallest absolute Gasteiger partial charge is 0.322 e. The molecule has 4 rings (SSSR count). The van der Waals surface area contributed by atoms with Crippen LogP contribution in [0, 0.1) is 0 Å². The molecule has 0 saturated carbocycles. The van der Waals surface area contributed by atoms with Crippen molar-refractivity contribution in [1.29, 1.82) is 0 Å². The third-order valence-corrected chi connectivity index (χ3v) is 6.02. The fourth-order valence-electron chi connectivity index (χ4n) is 3.91. The van der Waals surface area contributed by atoms with Crippen LogP contribution in [-0.2, 0) is 13.0 Å². The highest BCUT2D eigenvalue weighted by Crippen LogP contribution is 2.29. The minimum Gasteiger partial charge on any atom is -0.360 e. The van der Waals surface area contributed by atoms with E-state index < -0.39 is 0 Å². The van der Waals surface area contributed by atoms with Crippen molar-refractivity contribution in [1.82, 2.24) is 14.9 Å². The van der Waals surface area contributed by atoms with Crippen LogP contribution in [-0.4, -0.2) is 41.0 Å². The Labute approximate surface area is 190 Å². The third kappa shape index (κ3) is 4.59. The Bertz CT molecular complexity index is 1080. The van der Waals surface area contributed by atoms with Crippen LogP contribution in [0.3, 0.4) is 0 Å². The largest absolute Gasteiger partial charge is 0.360 e. The van der Waals surface area contributed by atoms with E-state index in [-0.39, 0.29) is 6.03 Å². The number of urea groups is 1. The average Bonchev–Trinajstić information content (AvgIpc) is 2.83. The molecule has 2 aromatic carbocycles. The zero-order valence-electron chi connectivity index (χ0n) is 19.3. The van der Waals surface area contributed by atoms with Gasteiger partial charge in [0.2, 0.25) is 0 Å². The van der Waals surface area contributed by atoms with E-state index >= 15 is 0 Å². The Morgan fingerprint density at radius 1 is 1.09 bits per heavy atom. The summed E-state index contributed by atoms with van der Waals surface area (Å²) in [5.74, 6) is 2.10. The molecule has 32 heavy (non-hydrogen) atoms. The Hall–Kier alpha value is -3.41. The molecule has 6 nitrogen and oxygen atoms in total. The summed E-state index contributed by atoms with van der Waals surface area (Å²) >= 11 is 0. The van der Waals surface area contributed by atoms with Gasteiger partial charge in [-0.3, -0.25) is 0 Å². The molecule has 1 N–H and O–H groups in total. The standard InChI is InChI=1S/C26H31N5O/c1-5-30(4)25-22-17-31(26(32)27-21-13-11-19(12-14-21)18(2)3)16-15-23(22)28-24(29-25)20-9-7-6-8-10-20/h6-14,18H,5,15-17H2,1-4H3,(H,27,32). The number of carbonyl (C=O) groups is 1. The van der Waals surface area contributed by atoms with Crippen LogP contribution >= 0.6 is 0 Å². The minimum absolute atomic E-state index is 0.0924. The van der Waals surface area contributed by atoms with Gasteiger partial charge in [-0.2, -0.15) is 0 Å². The molecule has 0 spiro atoms. The second-order valence-corrected chi connectivity index (χ2v) is 8.55. The fraction of sp³-hybridized carbons (Fsp3) is 0.346. The second-order valence-electron chi connectivity index (χ2n) is 8.55. The molecule has 0 aliphatic carbocycles. The number of anilines is 2. The van der Waals surface area contributed by atoms with Crippen LogP contribution in [0.1, 0.15) is 43.5 Å². The van der Waals surface area contributed by atoms with E-state index in [0.717, 1.165) is 40.7 Å². The van der Waals surface area contributed by atoms with Gasteiger partial charge in [0.25, 0.3) is 0 Å². The van der Waals surface area contributed by atoms with Crippen LogP contribution in [0.5, 0.6) is 0 Å². The van der Waals surface area contributed by atoms with Crippen molar-refractivity contribution in [3.63, 3.8) is 0 Å². The summed E-state index contributed by atoms with van der Waals surface area (Å²) in [4.78, 5) is 26.7. The number of nitrogens with zero attached hydrogens (tertiary/aromatic N) is 4. The Kier molecular flexibility index (Phi) is 6.40. The molecule has 6 heteroatoms. The van der Waals surface area contributed by atoms with Gasteiger partial charge in [-0.25, -0.2) is 14.8 Å². The van der Waals surface area contributed by atoms with Gasteiger partial charge in [-0.15, -0.1) is 0 Å². The van der Waals surface area contributed by atoms with Gasteiger partial charge in [0, 0.05) is 43.4 Å². The fourth-order valence-corrected chi connectivity index (χ4v) is 3.91. The molecule has 3 aromatic rings. The van der Waals surface area contributed by atoms with Gasteiger partial charge in [-0.05, 0) is 30.5 Å². The Morgan fingerprint density at radius 3 is 2.47 bits per heavy atom. The lowest BCUT2D eigenvalue weighted by Gasteiger charge is -2.31. The zero-order valence-corrected chi connectivity index (χ0v) is 19.3. The minimum atomic E-state index is -0.0924. The predicted octanol–water partition coefficient (Wildman–Crippen LogP) is 5.31. The third-order valence-electron chi connectivity index (χ3n) is 6.02. The van der Waals surface area contributed by atoms with Crippen LogP contribution in [0.15, 0.2) is 54.6 Å². The lowest BCUT2D eigenvalue weighted by molar-refractivity contribution is 0.206. The number of rotatable bonds is 5. The number of fused-ring (bicyclic) bond motifs is 1. The molecule has 1 aliphatic heterocycles. The molecule has 0 atom stereocenters. The molecule has 0 fully saturated rings. The Balaban J connectivity index is 1.57. The van der Waals surface area contributed by atoms with Crippen LogP contribution in [0.25, 0.3) is 11.4 Å². The molecule has 0 saturated heterocycles. The summed E-state index contributed by atoms with van der Waals surface area (Å²) in [7, 11) is 2.03. The second kappa shape index (κ2) is 9.39. The summed E-state index contributed by atoms with van der Waals surface area (Å²) in [5, 5.41) is 3.04. The summed E-state index contributed by atoms with van der Waals surface area (Å²) in [6.07, 6.45) is 0.710. The van der Waals surface area contributed by atoms with Crippen LogP contribution in [0.4, 0.5) is 16.3 Å². The van der Waals surface area contributed by atoms with Gasteiger partial charge in [0.1, 0.15) is 5.82 Å². The van der Waals surface area contributed by atoms with Crippen LogP contribution in [0.2, 0.25) is 0 Å². The first-order chi connectivity index (χ1) is 15.5. The van der Waals surface area contributed by atoms with Gasteiger partial charge in [0.05, 0.1) is 12.2 Å². The van der Waals surface area contributed by atoms with Gasteiger partial charge >= 0.3 is 6.03 Å². The molecule has 2 amide bonds. The molecule has 1 aromatic heterocycles. The summed E-state index contributed by atoms with van der Waals surface area (Å²) in [6, 6.07) is 18.0. The average molecular weight is 430 g/mol. The number of aromatic nitrogens is 2. The monoisotopic (exact) mass is 429 g/mol. The molecule has 0 bridgehead atoms. The number of hydrogen-bond donors (Lipinski definition) is 1. The normalized spacial score (nSPS) is 13.1. The maximum Gasteiger partial charge on any atom is 0.322 e. The first-order valence-corrected chi connectivity index (χ1v) is 11.3.